The predicted molar refractivity (Wildman–Crippen MR) is 67.7 cm³/mol. The van der Waals surface area contributed by atoms with Crippen molar-refractivity contribution in [2.75, 3.05) is 19.6 Å². The van der Waals surface area contributed by atoms with Crippen LogP contribution in [0.25, 0.3) is 0 Å². The van der Waals surface area contributed by atoms with E-state index in [1.54, 1.807) is 0 Å². The Morgan fingerprint density at radius 2 is 1.78 bits per heavy atom. The van der Waals surface area contributed by atoms with E-state index in [0.717, 1.165) is 25.9 Å². The minimum atomic E-state index is -0.459. The fourth-order valence-electron chi connectivity index (χ4n) is 2.18. The molecule has 0 N–H and O–H groups in total. The molecule has 1 fully saturated rings. The topological polar surface area (TPSA) is 63.5 Å². The molecule has 0 spiro atoms. The lowest BCUT2D eigenvalue weighted by molar-refractivity contribution is -0.384. The van der Waals surface area contributed by atoms with Crippen molar-refractivity contribution in [3.8, 4) is 0 Å². The van der Waals surface area contributed by atoms with Crippen molar-refractivity contribution < 1.29 is 9.72 Å². The Kier molecular flexibility index (Phi) is 4.04. The number of carbonyl (C=O) groups excluding carboxylic acids is 1. The fraction of sp³-hybridized carbons (Fsp3) is 0.462. The van der Waals surface area contributed by atoms with Gasteiger partial charge in [0.1, 0.15) is 0 Å². The minimum Gasteiger partial charge on any atom is -0.296 e. The third kappa shape index (κ3) is 3.13. The highest BCUT2D eigenvalue weighted by Crippen LogP contribution is 2.14. The lowest BCUT2D eigenvalue weighted by Crippen LogP contribution is -2.34. The maximum Gasteiger partial charge on any atom is 0.269 e. The molecule has 0 atom stereocenters. The van der Waals surface area contributed by atoms with E-state index in [0.29, 0.717) is 12.1 Å². The van der Waals surface area contributed by atoms with Gasteiger partial charge in [-0.05, 0) is 38.1 Å². The summed E-state index contributed by atoms with van der Waals surface area (Å²) >= 11 is 0. The van der Waals surface area contributed by atoms with E-state index in [1.165, 1.54) is 30.7 Å². The normalized spacial score (nSPS) is 16.4. The van der Waals surface area contributed by atoms with E-state index in [1.807, 2.05) is 0 Å². The van der Waals surface area contributed by atoms with Crippen molar-refractivity contribution in [3.63, 3.8) is 0 Å². The van der Waals surface area contributed by atoms with E-state index in [4.69, 9.17) is 0 Å². The quantitative estimate of drug-likeness (QED) is 0.466. The Bertz CT molecular complexity index is 436. The number of ketones is 1. The summed E-state index contributed by atoms with van der Waals surface area (Å²) in [5, 5.41) is 10.5. The van der Waals surface area contributed by atoms with E-state index >= 15 is 0 Å². The van der Waals surface area contributed by atoms with Crippen LogP contribution in [0.15, 0.2) is 24.3 Å². The second-order valence-electron chi connectivity index (χ2n) is 4.56. The molecular weight excluding hydrogens is 232 g/mol. The van der Waals surface area contributed by atoms with Gasteiger partial charge in [-0.15, -0.1) is 0 Å². The van der Waals surface area contributed by atoms with Crippen molar-refractivity contribution >= 4 is 11.5 Å². The molecule has 0 aliphatic carbocycles. The largest absolute Gasteiger partial charge is 0.296 e. The molecule has 0 saturated carbocycles. The molecule has 0 amide bonds. The number of nitrogens with zero attached hydrogens (tertiary/aromatic N) is 2. The van der Waals surface area contributed by atoms with Gasteiger partial charge in [0.25, 0.3) is 5.69 Å². The van der Waals surface area contributed by atoms with Crippen LogP contribution in [0, 0.1) is 10.1 Å². The first-order valence-electron chi connectivity index (χ1n) is 6.17. The van der Waals surface area contributed by atoms with E-state index in [9.17, 15) is 14.9 Å². The highest BCUT2D eigenvalue weighted by atomic mass is 16.6. The first-order chi connectivity index (χ1) is 8.66. The highest BCUT2D eigenvalue weighted by Gasteiger charge is 2.15. The van der Waals surface area contributed by atoms with Gasteiger partial charge in [-0.1, -0.05) is 6.42 Å². The van der Waals surface area contributed by atoms with Crippen LogP contribution in [-0.2, 0) is 0 Å². The zero-order valence-electron chi connectivity index (χ0n) is 10.2. The van der Waals surface area contributed by atoms with Crippen LogP contribution in [-0.4, -0.2) is 35.2 Å². The second-order valence-corrected chi connectivity index (χ2v) is 4.56. The number of likely N-dealkylation sites (tertiary alicyclic amines) is 1. The first-order valence-corrected chi connectivity index (χ1v) is 6.17. The molecular formula is C13H16N2O3. The smallest absolute Gasteiger partial charge is 0.269 e. The Morgan fingerprint density at radius 3 is 2.33 bits per heavy atom. The van der Waals surface area contributed by atoms with E-state index in [2.05, 4.69) is 4.90 Å². The molecule has 0 radical (unpaired) electrons. The standard InChI is InChI=1S/C13H16N2O3/c16-13(10-14-8-2-1-3-9-14)11-4-6-12(7-5-11)15(17)18/h4-7H,1-3,8-10H2. The lowest BCUT2D eigenvalue weighted by Gasteiger charge is -2.25. The average Bonchev–Trinajstić information content (AvgIpc) is 2.40. The molecule has 0 unspecified atom stereocenters. The molecule has 1 saturated heterocycles. The maximum atomic E-state index is 12.0. The summed E-state index contributed by atoms with van der Waals surface area (Å²) in [7, 11) is 0. The van der Waals surface area contributed by atoms with E-state index in [-0.39, 0.29) is 11.5 Å². The van der Waals surface area contributed by atoms with Crippen LogP contribution < -0.4 is 0 Å². The van der Waals surface area contributed by atoms with Gasteiger partial charge in [0, 0.05) is 17.7 Å². The summed E-state index contributed by atoms with van der Waals surface area (Å²) in [4.78, 5) is 24.2. The zero-order chi connectivity index (χ0) is 13.0. The second kappa shape index (κ2) is 5.73. The van der Waals surface area contributed by atoms with Crippen molar-refractivity contribution in [1.29, 1.82) is 0 Å². The number of carbonyl (C=O) groups is 1. The molecule has 1 aromatic rings. The summed E-state index contributed by atoms with van der Waals surface area (Å²) in [6, 6.07) is 5.82. The fourth-order valence-corrected chi connectivity index (χ4v) is 2.18. The van der Waals surface area contributed by atoms with Crippen LogP contribution in [0.2, 0.25) is 0 Å². The zero-order valence-corrected chi connectivity index (χ0v) is 10.2. The van der Waals surface area contributed by atoms with Crippen LogP contribution >= 0.6 is 0 Å². The minimum absolute atomic E-state index is 0.0181. The number of hydrogen-bond acceptors (Lipinski definition) is 4. The summed E-state index contributed by atoms with van der Waals surface area (Å²) in [6.07, 6.45) is 3.53. The van der Waals surface area contributed by atoms with Crippen molar-refractivity contribution in [1.82, 2.24) is 4.90 Å². The predicted octanol–water partition coefficient (Wildman–Crippen LogP) is 2.26. The van der Waals surface area contributed by atoms with Gasteiger partial charge < -0.3 is 0 Å². The number of nitro groups is 1. The molecule has 18 heavy (non-hydrogen) atoms. The SMILES string of the molecule is O=C(CN1CCCCC1)c1ccc([N+](=O)[O-])cc1. The summed E-state index contributed by atoms with van der Waals surface area (Å²) in [5.41, 5.74) is 0.565. The van der Waals surface area contributed by atoms with E-state index < -0.39 is 4.92 Å². The Balaban J connectivity index is 1.97. The first kappa shape index (κ1) is 12.7. The molecule has 2 rings (SSSR count). The molecule has 1 aliphatic rings. The number of rotatable bonds is 4. The van der Waals surface area contributed by atoms with Crippen molar-refractivity contribution in [2.24, 2.45) is 0 Å². The van der Waals surface area contributed by atoms with Crippen LogP contribution in [0.5, 0.6) is 0 Å². The molecule has 0 aromatic heterocycles. The highest BCUT2D eigenvalue weighted by molar-refractivity contribution is 5.97. The monoisotopic (exact) mass is 248 g/mol. The third-order valence-corrected chi connectivity index (χ3v) is 3.22. The van der Waals surface area contributed by atoms with Crippen LogP contribution in [0.1, 0.15) is 29.6 Å². The van der Waals surface area contributed by atoms with Crippen LogP contribution in [0.3, 0.4) is 0 Å². The summed E-state index contributed by atoms with van der Waals surface area (Å²) in [6.45, 7) is 2.36. The molecule has 5 nitrogen and oxygen atoms in total. The number of hydrogen-bond donors (Lipinski definition) is 0. The van der Waals surface area contributed by atoms with Crippen molar-refractivity contribution in [3.05, 3.63) is 39.9 Å². The number of benzene rings is 1. The Hall–Kier alpha value is -1.75. The molecule has 96 valence electrons. The number of Topliss-reactive ketones (excluding diaryl/α,β-unsaturated/α-hetero) is 1. The molecule has 1 aromatic carbocycles. The van der Waals surface area contributed by atoms with Gasteiger partial charge in [-0.25, -0.2) is 0 Å². The van der Waals surface area contributed by atoms with Crippen molar-refractivity contribution in [2.45, 2.75) is 19.3 Å². The summed E-state index contributed by atoms with van der Waals surface area (Å²) in [5.74, 6) is 0.0341. The van der Waals surface area contributed by atoms with Gasteiger partial charge in [-0.3, -0.25) is 19.8 Å². The number of non-ortho nitro benzene ring substituents is 1. The Labute approximate surface area is 106 Å². The molecule has 1 aliphatic heterocycles. The third-order valence-electron chi connectivity index (χ3n) is 3.22. The summed E-state index contributed by atoms with van der Waals surface area (Å²) < 4.78 is 0. The van der Waals surface area contributed by atoms with Gasteiger partial charge >= 0.3 is 0 Å². The van der Waals surface area contributed by atoms with Gasteiger partial charge in [0.15, 0.2) is 5.78 Å². The Morgan fingerprint density at radius 1 is 1.17 bits per heavy atom. The number of piperidine rings is 1. The van der Waals surface area contributed by atoms with Crippen LogP contribution in [0.4, 0.5) is 5.69 Å². The van der Waals surface area contributed by atoms with Gasteiger partial charge in [0.05, 0.1) is 11.5 Å². The molecule has 1 heterocycles. The molecule has 5 heteroatoms. The van der Waals surface area contributed by atoms with Gasteiger partial charge in [-0.2, -0.15) is 0 Å². The molecule has 0 bridgehead atoms. The lowest BCUT2D eigenvalue weighted by atomic mass is 10.1. The average molecular weight is 248 g/mol. The number of nitro benzene ring substituents is 1. The van der Waals surface area contributed by atoms with Gasteiger partial charge in [0.2, 0.25) is 0 Å². The maximum absolute atomic E-state index is 12.0.